The molecule has 5 heteroatoms. The molecule has 3 heterocycles. The van der Waals surface area contributed by atoms with Gasteiger partial charge in [0.1, 0.15) is 5.75 Å². The van der Waals surface area contributed by atoms with Crippen LogP contribution in [0.4, 0.5) is 0 Å². The zero-order chi connectivity index (χ0) is 16.3. The van der Waals surface area contributed by atoms with Gasteiger partial charge in [-0.2, -0.15) is 0 Å². The fraction of sp³-hybridized carbons (Fsp3) is 0.278. The van der Waals surface area contributed by atoms with Crippen molar-refractivity contribution in [1.82, 2.24) is 14.0 Å². The van der Waals surface area contributed by atoms with Crippen LogP contribution >= 0.6 is 11.3 Å². The van der Waals surface area contributed by atoms with E-state index in [1.165, 1.54) is 32.7 Å². The monoisotopic (exact) mass is 325 g/mol. The van der Waals surface area contributed by atoms with Gasteiger partial charge in [-0.3, -0.25) is 4.40 Å². The predicted molar refractivity (Wildman–Crippen MR) is 95.7 cm³/mol. The minimum atomic E-state index is 0.878. The Hall–Kier alpha value is -2.27. The fourth-order valence-electron chi connectivity index (χ4n) is 3.28. The van der Waals surface area contributed by atoms with Crippen LogP contribution in [0, 0.1) is 20.8 Å². The van der Waals surface area contributed by atoms with Gasteiger partial charge in [-0.1, -0.05) is 0 Å². The van der Waals surface area contributed by atoms with E-state index in [1.807, 2.05) is 12.3 Å². The summed E-state index contributed by atoms with van der Waals surface area (Å²) >= 11 is 1.74. The van der Waals surface area contributed by atoms with Crippen LogP contribution in [-0.4, -0.2) is 21.1 Å². The van der Waals surface area contributed by atoms with Gasteiger partial charge in [0.2, 0.25) is 0 Å². The summed E-state index contributed by atoms with van der Waals surface area (Å²) < 4.78 is 9.93. The van der Waals surface area contributed by atoms with Crippen molar-refractivity contribution < 1.29 is 4.74 Å². The Kier molecular flexibility index (Phi) is 3.03. The molecular weight excluding hydrogens is 306 g/mol. The number of benzene rings is 1. The maximum Gasteiger partial charge on any atom is 0.194 e. The Morgan fingerprint density at radius 2 is 1.91 bits per heavy atom. The highest BCUT2D eigenvalue weighted by Gasteiger charge is 2.20. The molecule has 0 aliphatic rings. The number of rotatable bonds is 2. The minimum absolute atomic E-state index is 0.878. The highest BCUT2D eigenvalue weighted by molar-refractivity contribution is 7.17. The van der Waals surface area contributed by atoms with Crippen molar-refractivity contribution in [2.45, 2.75) is 20.8 Å². The Balaban J connectivity index is 2.13. The molecule has 0 saturated carbocycles. The molecule has 0 radical (unpaired) electrons. The van der Waals surface area contributed by atoms with Crippen molar-refractivity contribution in [2.24, 2.45) is 7.05 Å². The molecule has 0 saturated heterocycles. The van der Waals surface area contributed by atoms with Crippen LogP contribution in [0.25, 0.3) is 27.1 Å². The lowest BCUT2D eigenvalue weighted by Gasteiger charge is -2.04. The van der Waals surface area contributed by atoms with Gasteiger partial charge in [-0.25, -0.2) is 4.98 Å². The third-order valence-corrected chi connectivity index (χ3v) is 5.85. The Bertz CT molecular complexity index is 1050. The van der Waals surface area contributed by atoms with Crippen LogP contribution in [-0.2, 0) is 7.05 Å². The molecule has 118 valence electrons. The molecule has 0 aliphatic heterocycles. The van der Waals surface area contributed by atoms with Crippen molar-refractivity contribution in [3.8, 4) is 17.0 Å². The molecule has 3 aromatic heterocycles. The average Bonchev–Trinajstić information content (AvgIpc) is 3.15. The molecule has 0 fully saturated rings. The van der Waals surface area contributed by atoms with Crippen molar-refractivity contribution in [3.05, 3.63) is 40.7 Å². The lowest BCUT2D eigenvalue weighted by atomic mass is 10.1. The number of thiazole rings is 1. The number of hydrogen-bond donors (Lipinski definition) is 0. The normalized spacial score (nSPS) is 11.7. The SMILES string of the molecule is COc1ccc2c(c1)c(-c1cnc3sc(C)c(C)n13)c(C)n2C. The zero-order valence-electron chi connectivity index (χ0n) is 14.0. The summed E-state index contributed by atoms with van der Waals surface area (Å²) in [4.78, 5) is 6.98. The molecule has 4 rings (SSSR count). The first kappa shape index (κ1) is 14.3. The molecular formula is C18H19N3OS. The maximum atomic E-state index is 5.43. The maximum absolute atomic E-state index is 5.43. The summed E-state index contributed by atoms with van der Waals surface area (Å²) in [5.74, 6) is 0.878. The van der Waals surface area contributed by atoms with E-state index in [1.54, 1.807) is 18.4 Å². The molecule has 0 aliphatic carbocycles. The first-order chi connectivity index (χ1) is 11.0. The second kappa shape index (κ2) is 4.86. The van der Waals surface area contributed by atoms with Gasteiger partial charge in [-0.05, 0) is 39.0 Å². The van der Waals surface area contributed by atoms with Gasteiger partial charge >= 0.3 is 0 Å². The smallest absolute Gasteiger partial charge is 0.194 e. The number of fused-ring (bicyclic) bond motifs is 2. The van der Waals surface area contributed by atoms with Gasteiger partial charge in [-0.15, -0.1) is 11.3 Å². The van der Waals surface area contributed by atoms with Gasteiger partial charge in [0.25, 0.3) is 0 Å². The van der Waals surface area contributed by atoms with E-state index in [4.69, 9.17) is 4.74 Å². The van der Waals surface area contributed by atoms with Crippen molar-refractivity contribution in [1.29, 1.82) is 0 Å². The summed E-state index contributed by atoms with van der Waals surface area (Å²) in [5.41, 5.74) is 6.08. The Morgan fingerprint density at radius 3 is 2.65 bits per heavy atom. The summed E-state index contributed by atoms with van der Waals surface area (Å²) in [6.07, 6.45) is 1.99. The van der Waals surface area contributed by atoms with Gasteiger partial charge in [0.05, 0.1) is 19.0 Å². The van der Waals surface area contributed by atoms with Crippen LogP contribution in [0.2, 0.25) is 0 Å². The third-order valence-electron chi connectivity index (χ3n) is 4.77. The fourth-order valence-corrected chi connectivity index (χ4v) is 4.22. The van der Waals surface area contributed by atoms with Gasteiger partial charge in [0.15, 0.2) is 4.96 Å². The highest BCUT2D eigenvalue weighted by Crippen LogP contribution is 2.38. The van der Waals surface area contributed by atoms with E-state index < -0.39 is 0 Å². The first-order valence-corrected chi connectivity index (χ1v) is 8.41. The van der Waals surface area contributed by atoms with Crippen LogP contribution < -0.4 is 4.74 Å². The second-order valence-corrected chi connectivity index (χ2v) is 7.09. The number of aryl methyl sites for hydroxylation is 3. The van der Waals surface area contributed by atoms with E-state index in [0.717, 1.165) is 16.4 Å². The molecule has 0 bridgehead atoms. The molecule has 1 aromatic carbocycles. The molecule has 4 nitrogen and oxygen atoms in total. The molecule has 0 atom stereocenters. The molecule has 23 heavy (non-hydrogen) atoms. The van der Waals surface area contributed by atoms with E-state index >= 15 is 0 Å². The standard InChI is InChI=1S/C18H19N3OS/c1-10-12(3)23-18-19-9-16(21(10)18)17-11(2)20(4)15-7-6-13(22-5)8-14(15)17/h6-9H,1-5H3. The van der Waals surface area contributed by atoms with E-state index in [9.17, 15) is 0 Å². The van der Waals surface area contributed by atoms with E-state index in [-0.39, 0.29) is 0 Å². The summed E-state index contributed by atoms with van der Waals surface area (Å²) in [6.45, 7) is 6.47. The second-order valence-electron chi connectivity index (χ2n) is 5.91. The zero-order valence-corrected chi connectivity index (χ0v) is 14.8. The topological polar surface area (TPSA) is 31.5 Å². The summed E-state index contributed by atoms with van der Waals surface area (Å²) in [5, 5.41) is 1.20. The molecule has 0 N–H and O–H groups in total. The quantitative estimate of drug-likeness (QED) is 0.544. The van der Waals surface area contributed by atoms with Crippen molar-refractivity contribution in [3.63, 3.8) is 0 Å². The molecule has 0 spiro atoms. The Labute approximate surface area is 139 Å². The number of nitrogens with zero attached hydrogens (tertiary/aromatic N) is 3. The molecule has 0 unspecified atom stereocenters. The number of methoxy groups -OCH3 is 1. The average molecular weight is 325 g/mol. The highest BCUT2D eigenvalue weighted by atomic mass is 32.1. The first-order valence-electron chi connectivity index (χ1n) is 7.59. The van der Waals surface area contributed by atoms with E-state index in [2.05, 4.69) is 53.9 Å². The van der Waals surface area contributed by atoms with E-state index in [0.29, 0.717) is 0 Å². The van der Waals surface area contributed by atoms with Gasteiger partial charge < -0.3 is 9.30 Å². The summed E-state index contributed by atoms with van der Waals surface area (Å²) in [7, 11) is 3.82. The number of hydrogen-bond acceptors (Lipinski definition) is 3. The largest absolute Gasteiger partial charge is 0.497 e. The van der Waals surface area contributed by atoms with Crippen LogP contribution in [0.15, 0.2) is 24.4 Å². The number of imidazole rings is 1. The molecule has 0 amide bonds. The number of ether oxygens (including phenoxy) is 1. The van der Waals surface area contributed by atoms with Crippen molar-refractivity contribution in [2.75, 3.05) is 7.11 Å². The van der Waals surface area contributed by atoms with Gasteiger partial charge in [0, 0.05) is 39.8 Å². The lowest BCUT2D eigenvalue weighted by Crippen LogP contribution is -1.93. The number of aromatic nitrogens is 3. The Morgan fingerprint density at radius 1 is 1.13 bits per heavy atom. The third kappa shape index (κ3) is 1.86. The minimum Gasteiger partial charge on any atom is -0.497 e. The van der Waals surface area contributed by atoms with Crippen LogP contribution in [0.1, 0.15) is 16.3 Å². The summed E-state index contributed by atoms with van der Waals surface area (Å²) in [6, 6.07) is 6.25. The lowest BCUT2D eigenvalue weighted by molar-refractivity contribution is 0.415. The molecule has 4 aromatic rings. The van der Waals surface area contributed by atoms with Crippen LogP contribution in [0.3, 0.4) is 0 Å². The van der Waals surface area contributed by atoms with Crippen LogP contribution in [0.5, 0.6) is 5.75 Å². The predicted octanol–water partition coefficient (Wildman–Crippen LogP) is 4.49. The van der Waals surface area contributed by atoms with Crippen molar-refractivity contribution >= 4 is 27.2 Å².